The van der Waals surface area contributed by atoms with Crippen molar-refractivity contribution >= 4 is 11.8 Å². The van der Waals surface area contributed by atoms with E-state index in [2.05, 4.69) is 9.97 Å². The molecule has 108 valence electrons. The predicted octanol–water partition coefficient (Wildman–Crippen LogP) is 1.86. The van der Waals surface area contributed by atoms with Gasteiger partial charge in [0, 0.05) is 5.56 Å². The van der Waals surface area contributed by atoms with Crippen LogP contribution in [0.15, 0.2) is 12.1 Å². The number of nitrogens with two attached hydrogens (primary N) is 2. The highest BCUT2D eigenvalue weighted by Crippen LogP contribution is 2.33. The molecule has 1 heterocycles. The number of benzene rings is 1. The van der Waals surface area contributed by atoms with Crippen molar-refractivity contribution in [2.45, 2.75) is 6.92 Å². The fourth-order valence-electron chi connectivity index (χ4n) is 1.79. The second-order valence-corrected chi connectivity index (χ2v) is 3.97. The van der Waals surface area contributed by atoms with E-state index in [1.807, 2.05) is 0 Å². The lowest BCUT2D eigenvalue weighted by Gasteiger charge is -2.11. The maximum atomic E-state index is 14.4. The van der Waals surface area contributed by atoms with Crippen LogP contribution in [0.2, 0.25) is 0 Å². The molecule has 0 spiro atoms. The maximum Gasteiger partial charge on any atom is 0.222 e. The predicted molar refractivity (Wildman–Crippen MR) is 72.1 cm³/mol. The van der Waals surface area contributed by atoms with Gasteiger partial charge in [0.1, 0.15) is 17.5 Å². The van der Waals surface area contributed by atoms with Crippen molar-refractivity contribution in [2.75, 3.05) is 18.1 Å². The number of ether oxygens (including phenoxy) is 1. The Morgan fingerprint density at radius 3 is 2.62 bits per heavy atom. The SMILES string of the molecule is CCOc1c(F)ccc(-c2nc(N)nc(N)c2C#N)c1F. The molecule has 6 nitrogen and oxygen atoms in total. The molecule has 4 N–H and O–H groups in total. The molecule has 0 atom stereocenters. The summed E-state index contributed by atoms with van der Waals surface area (Å²) >= 11 is 0. The van der Waals surface area contributed by atoms with Crippen LogP contribution in [-0.4, -0.2) is 16.6 Å². The highest BCUT2D eigenvalue weighted by molar-refractivity contribution is 5.74. The number of hydrogen-bond donors (Lipinski definition) is 2. The van der Waals surface area contributed by atoms with Gasteiger partial charge in [0.15, 0.2) is 17.4 Å². The smallest absolute Gasteiger partial charge is 0.222 e. The molecule has 2 rings (SSSR count). The second-order valence-electron chi connectivity index (χ2n) is 3.97. The first kappa shape index (κ1) is 14.5. The molecule has 0 aliphatic carbocycles. The summed E-state index contributed by atoms with van der Waals surface area (Å²) in [5, 5.41) is 9.09. The van der Waals surface area contributed by atoms with Crippen LogP contribution < -0.4 is 16.2 Å². The zero-order valence-corrected chi connectivity index (χ0v) is 11.0. The van der Waals surface area contributed by atoms with Gasteiger partial charge in [-0.25, -0.2) is 13.8 Å². The Hall–Kier alpha value is -2.95. The van der Waals surface area contributed by atoms with Gasteiger partial charge in [-0.1, -0.05) is 0 Å². The molecule has 0 saturated carbocycles. The molecule has 0 amide bonds. The Labute approximate surface area is 119 Å². The standard InChI is InChI=1S/C13H11F2N5O/c1-2-21-11-8(14)4-3-6(9(11)15)10-7(5-16)12(17)20-13(18)19-10/h3-4H,2H2,1H3,(H4,17,18,19,20). The van der Waals surface area contributed by atoms with Gasteiger partial charge in [-0.05, 0) is 19.1 Å². The highest BCUT2D eigenvalue weighted by atomic mass is 19.1. The molecule has 8 heteroatoms. The summed E-state index contributed by atoms with van der Waals surface area (Å²) in [5.41, 5.74) is 10.6. The number of nitriles is 1. The average Bonchev–Trinajstić information content (AvgIpc) is 2.43. The summed E-state index contributed by atoms with van der Waals surface area (Å²) in [6.07, 6.45) is 0. The molecular weight excluding hydrogens is 280 g/mol. The largest absolute Gasteiger partial charge is 0.488 e. The van der Waals surface area contributed by atoms with E-state index >= 15 is 0 Å². The molecule has 0 bridgehead atoms. The first-order valence-electron chi connectivity index (χ1n) is 5.93. The van der Waals surface area contributed by atoms with E-state index in [1.165, 1.54) is 0 Å². The van der Waals surface area contributed by atoms with Crippen LogP contribution in [0.4, 0.5) is 20.5 Å². The van der Waals surface area contributed by atoms with Gasteiger partial charge in [0.2, 0.25) is 5.95 Å². The lowest BCUT2D eigenvalue weighted by Crippen LogP contribution is -2.07. The first-order valence-corrected chi connectivity index (χ1v) is 5.93. The fraction of sp³-hybridized carbons (Fsp3) is 0.154. The Bertz CT molecular complexity index is 742. The fourth-order valence-corrected chi connectivity index (χ4v) is 1.79. The molecule has 0 unspecified atom stereocenters. The third-order valence-corrected chi connectivity index (χ3v) is 2.66. The minimum Gasteiger partial charge on any atom is -0.488 e. The molecule has 0 radical (unpaired) electrons. The summed E-state index contributed by atoms with van der Waals surface area (Å²) < 4.78 is 32.9. The number of rotatable bonds is 3. The average molecular weight is 291 g/mol. The van der Waals surface area contributed by atoms with Gasteiger partial charge in [0.05, 0.1) is 12.3 Å². The van der Waals surface area contributed by atoms with Crippen molar-refractivity contribution in [3.8, 4) is 23.1 Å². The minimum atomic E-state index is -0.981. The third-order valence-electron chi connectivity index (χ3n) is 2.66. The minimum absolute atomic E-state index is 0.0798. The van der Waals surface area contributed by atoms with Crippen LogP contribution in [0.25, 0.3) is 11.3 Å². The number of halogens is 2. The number of nitrogen functional groups attached to an aromatic ring is 2. The summed E-state index contributed by atoms with van der Waals surface area (Å²) in [5.74, 6) is -2.78. The van der Waals surface area contributed by atoms with Crippen LogP contribution in [0.1, 0.15) is 12.5 Å². The quantitative estimate of drug-likeness (QED) is 0.892. The molecule has 0 aliphatic heterocycles. The Morgan fingerprint density at radius 1 is 1.29 bits per heavy atom. The number of aromatic nitrogens is 2. The number of nitrogens with zero attached hydrogens (tertiary/aromatic N) is 3. The highest BCUT2D eigenvalue weighted by Gasteiger charge is 2.21. The second kappa shape index (κ2) is 5.58. The van der Waals surface area contributed by atoms with Crippen LogP contribution in [-0.2, 0) is 0 Å². The molecule has 0 saturated heterocycles. The third kappa shape index (κ3) is 2.53. The van der Waals surface area contributed by atoms with Crippen LogP contribution in [0.3, 0.4) is 0 Å². The molecule has 1 aromatic carbocycles. The Morgan fingerprint density at radius 2 is 2.00 bits per heavy atom. The topological polar surface area (TPSA) is 111 Å². The van der Waals surface area contributed by atoms with Gasteiger partial charge < -0.3 is 16.2 Å². The van der Waals surface area contributed by atoms with Gasteiger partial charge in [0.25, 0.3) is 0 Å². The zero-order chi connectivity index (χ0) is 15.6. The Kier molecular flexibility index (Phi) is 3.84. The van der Waals surface area contributed by atoms with E-state index in [1.54, 1.807) is 13.0 Å². The molecule has 21 heavy (non-hydrogen) atoms. The summed E-state index contributed by atoms with van der Waals surface area (Å²) in [6, 6.07) is 3.92. The van der Waals surface area contributed by atoms with E-state index in [0.29, 0.717) is 0 Å². The van der Waals surface area contributed by atoms with E-state index < -0.39 is 17.4 Å². The van der Waals surface area contributed by atoms with Gasteiger partial charge in [-0.15, -0.1) is 0 Å². The molecular formula is C13H11F2N5O. The van der Waals surface area contributed by atoms with Crippen LogP contribution in [0.5, 0.6) is 5.75 Å². The van der Waals surface area contributed by atoms with E-state index in [4.69, 9.17) is 21.5 Å². The molecule has 0 aliphatic rings. The van der Waals surface area contributed by atoms with Crippen molar-refractivity contribution in [3.05, 3.63) is 29.3 Å². The summed E-state index contributed by atoms with van der Waals surface area (Å²) in [4.78, 5) is 7.44. The van der Waals surface area contributed by atoms with E-state index in [0.717, 1.165) is 12.1 Å². The van der Waals surface area contributed by atoms with Crippen molar-refractivity contribution in [2.24, 2.45) is 0 Å². The lowest BCUT2D eigenvalue weighted by atomic mass is 10.1. The summed E-state index contributed by atoms with van der Waals surface area (Å²) in [6.45, 7) is 1.67. The van der Waals surface area contributed by atoms with Crippen LogP contribution >= 0.6 is 0 Å². The van der Waals surface area contributed by atoms with Gasteiger partial charge in [-0.3, -0.25) is 0 Å². The normalized spacial score (nSPS) is 10.2. The lowest BCUT2D eigenvalue weighted by molar-refractivity contribution is 0.303. The molecule has 2 aromatic rings. The zero-order valence-electron chi connectivity index (χ0n) is 11.0. The van der Waals surface area contributed by atoms with Gasteiger partial charge in [-0.2, -0.15) is 10.2 Å². The number of hydrogen-bond acceptors (Lipinski definition) is 6. The van der Waals surface area contributed by atoms with Crippen LogP contribution in [0, 0.1) is 23.0 Å². The van der Waals surface area contributed by atoms with Crippen molar-refractivity contribution in [1.29, 1.82) is 5.26 Å². The van der Waals surface area contributed by atoms with Crippen molar-refractivity contribution < 1.29 is 13.5 Å². The van der Waals surface area contributed by atoms with Crippen molar-refractivity contribution in [1.82, 2.24) is 9.97 Å². The van der Waals surface area contributed by atoms with Crippen molar-refractivity contribution in [3.63, 3.8) is 0 Å². The molecule has 1 aromatic heterocycles. The summed E-state index contributed by atoms with van der Waals surface area (Å²) in [7, 11) is 0. The first-order chi connectivity index (χ1) is 9.99. The van der Waals surface area contributed by atoms with E-state index in [-0.39, 0.29) is 35.2 Å². The monoisotopic (exact) mass is 291 g/mol. The van der Waals surface area contributed by atoms with E-state index in [9.17, 15) is 8.78 Å². The molecule has 0 fully saturated rings. The number of anilines is 2. The van der Waals surface area contributed by atoms with Gasteiger partial charge >= 0.3 is 0 Å². The Balaban J connectivity index is 2.74. The maximum absolute atomic E-state index is 14.4.